The zero-order valence-electron chi connectivity index (χ0n) is 12.6. The Balaban J connectivity index is 1.96. The monoisotopic (exact) mass is 327 g/mol. The molecule has 0 fully saturated rings. The predicted octanol–water partition coefficient (Wildman–Crippen LogP) is 2.68. The molecule has 23 heavy (non-hydrogen) atoms. The first-order valence-corrected chi connectivity index (χ1v) is 7.71. The molecule has 2 aromatic heterocycles. The number of rotatable bonds is 5. The summed E-state index contributed by atoms with van der Waals surface area (Å²) in [5.41, 5.74) is 8.47. The summed E-state index contributed by atoms with van der Waals surface area (Å²) in [7, 11) is 0. The number of aromatic nitrogens is 2. The molecule has 0 bridgehead atoms. The van der Waals surface area contributed by atoms with Crippen LogP contribution in [0.25, 0.3) is 5.65 Å². The molecule has 0 spiro atoms. The molecule has 0 saturated carbocycles. The van der Waals surface area contributed by atoms with Crippen molar-refractivity contribution in [3.05, 3.63) is 65.6 Å². The van der Waals surface area contributed by atoms with Gasteiger partial charge >= 0.3 is 0 Å². The number of nitrogens with two attached hydrogens (primary N) is 1. The van der Waals surface area contributed by atoms with Crippen molar-refractivity contribution in [2.45, 2.75) is 18.8 Å². The molecule has 1 amide bonds. The van der Waals surface area contributed by atoms with Crippen molar-refractivity contribution in [2.75, 3.05) is 0 Å². The van der Waals surface area contributed by atoms with Gasteiger partial charge in [-0.25, -0.2) is 4.98 Å². The third-order valence-electron chi connectivity index (χ3n) is 3.60. The SMILES string of the molecule is Cc1nc2c(OCc3ccccc3)cccn2c1C(S)C(N)=O. The third kappa shape index (κ3) is 3.03. The van der Waals surface area contributed by atoms with E-state index in [2.05, 4.69) is 17.6 Å². The normalized spacial score (nSPS) is 12.3. The number of hydrogen-bond donors (Lipinski definition) is 2. The number of imidazole rings is 1. The maximum Gasteiger partial charge on any atom is 0.236 e. The van der Waals surface area contributed by atoms with E-state index in [1.54, 1.807) is 4.40 Å². The largest absolute Gasteiger partial charge is 0.485 e. The minimum atomic E-state index is -0.714. The lowest BCUT2D eigenvalue weighted by Crippen LogP contribution is -2.19. The number of carbonyl (C=O) groups is 1. The van der Waals surface area contributed by atoms with Crippen molar-refractivity contribution in [2.24, 2.45) is 5.73 Å². The van der Waals surface area contributed by atoms with Crippen molar-refractivity contribution < 1.29 is 9.53 Å². The highest BCUT2D eigenvalue weighted by Gasteiger charge is 2.22. The Hall–Kier alpha value is -2.47. The number of carbonyl (C=O) groups excluding carboxylic acids is 1. The Labute approximate surface area is 139 Å². The molecule has 3 aromatic rings. The highest BCUT2D eigenvalue weighted by atomic mass is 32.1. The number of thiol groups is 1. The Morgan fingerprint density at radius 2 is 2.04 bits per heavy atom. The van der Waals surface area contributed by atoms with Crippen LogP contribution in [-0.4, -0.2) is 15.3 Å². The van der Waals surface area contributed by atoms with Crippen molar-refractivity contribution >= 4 is 24.2 Å². The molecule has 0 aliphatic rings. The average molecular weight is 327 g/mol. The molecule has 3 rings (SSSR count). The Bertz CT molecular complexity index is 846. The number of pyridine rings is 1. The molecular formula is C17H17N3O2S. The van der Waals surface area contributed by atoms with Crippen LogP contribution in [0, 0.1) is 6.92 Å². The quantitative estimate of drug-likeness (QED) is 0.708. The average Bonchev–Trinajstić information content (AvgIpc) is 2.89. The fourth-order valence-electron chi connectivity index (χ4n) is 2.49. The lowest BCUT2D eigenvalue weighted by molar-refractivity contribution is -0.117. The number of nitrogens with zero attached hydrogens (tertiary/aromatic N) is 2. The maximum absolute atomic E-state index is 11.5. The zero-order valence-corrected chi connectivity index (χ0v) is 13.5. The minimum absolute atomic E-state index is 0.446. The second kappa shape index (κ2) is 6.34. The summed E-state index contributed by atoms with van der Waals surface area (Å²) in [5, 5.41) is -0.714. The van der Waals surface area contributed by atoms with Crippen molar-refractivity contribution in [3.8, 4) is 5.75 Å². The van der Waals surface area contributed by atoms with Crippen LogP contribution in [0.1, 0.15) is 22.2 Å². The van der Waals surface area contributed by atoms with Gasteiger partial charge in [-0.05, 0) is 24.6 Å². The van der Waals surface area contributed by atoms with Crippen LogP contribution in [0.5, 0.6) is 5.75 Å². The summed E-state index contributed by atoms with van der Waals surface area (Å²) in [5.74, 6) is 0.143. The molecule has 1 atom stereocenters. The number of benzene rings is 1. The van der Waals surface area contributed by atoms with Crippen molar-refractivity contribution in [1.29, 1.82) is 0 Å². The molecule has 0 radical (unpaired) electrons. The fraction of sp³-hybridized carbons (Fsp3) is 0.176. The van der Waals surface area contributed by atoms with E-state index in [1.165, 1.54) is 0 Å². The van der Waals surface area contributed by atoms with E-state index in [-0.39, 0.29) is 0 Å². The van der Waals surface area contributed by atoms with E-state index >= 15 is 0 Å². The number of ether oxygens (including phenoxy) is 1. The Morgan fingerprint density at radius 1 is 1.30 bits per heavy atom. The maximum atomic E-state index is 11.5. The molecule has 118 valence electrons. The number of hydrogen-bond acceptors (Lipinski definition) is 4. The first-order chi connectivity index (χ1) is 11.1. The Kier molecular flexibility index (Phi) is 4.25. The van der Waals surface area contributed by atoms with Gasteiger partial charge < -0.3 is 10.5 Å². The number of primary amides is 1. The summed E-state index contributed by atoms with van der Waals surface area (Å²) in [6.07, 6.45) is 1.83. The lowest BCUT2D eigenvalue weighted by atomic mass is 10.2. The van der Waals surface area contributed by atoms with Gasteiger partial charge in [-0.3, -0.25) is 9.20 Å². The van der Waals surface area contributed by atoms with Crippen LogP contribution < -0.4 is 10.5 Å². The summed E-state index contributed by atoms with van der Waals surface area (Å²) in [6, 6.07) is 13.6. The molecular weight excluding hydrogens is 310 g/mol. The van der Waals surface area contributed by atoms with Gasteiger partial charge in [-0.2, -0.15) is 12.6 Å². The molecule has 0 aliphatic heterocycles. The zero-order chi connectivity index (χ0) is 16.4. The van der Waals surface area contributed by atoms with Gasteiger partial charge in [0.15, 0.2) is 11.4 Å². The van der Waals surface area contributed by atoms with E-state index in [1.807, 2.05) is 55.6 Å². The van der Waals surface area contributed by atoms with Crippen LogP contribution in [-0.2, 0) is 11.4 Å². The lowest BCUT2D eigenvalue weighted by Gasteiger charge is -2.10. The van der Waals surface area contributed by atoms with Gasteiger partial charge in [0, 0.05) is 6.20 Å². The van der Waals surface area contributed by atoms with Crippen LogP contribution in [0.3, 0.4) is 0 Å². The van der Waals surface area contributed by atoms with Gasteiger partial charge in [0.25, 0.3) is 0 Å². The number of fused-ring (bicyclic) bond motifs is 1. The van der Waals surface area contributed by atoms with Gasteiger partial charge in [-0.15, -0.1) is 0 Å². The molecule has 1 unspecified atom stereocenters. The molecule has 0 saturated heterocycles. The molecule has 2 heterocycles. The first-order valence-electron chi connectivity index (χ1n) is 7.19. The summed E-state index contributed by atoms with van der Waals surface area (Å²) in [4.78, 5) is 16.0. The van der Waals surface area contributed by atoms with Gasteiger partial charge in [0.1, 0.15) is 11.9 Å². The summed E-state index contributed by atoms with van der Waals surface area (Å²) >= 11 is 4.29. The number of aryl methyl sites for hydroxylation is 1. The molecule has 5 nitrogen and oxygen atoms in total. The van der Waals surface area contributed by atoms with Crippen LogP contribution in [0.2, 0.25) is 0 Å². The second-order valence-electron chi connectivity index (χ2n) is 5.23. The van der Waals surface area contributed by atoms with Gasteiger partial charge in [-0.1, -0.05) is 30.3 Å². The highest BCUT2D eigenvalue weighted by molar-refractivity contribution is 7.81. The smallest absolute Gasteiger partial charge is 0.236 e. The summed E-state index contributed by atoms with van der Waals surface area (Å²) < 4.78 is 7.69. The highest BCUT2D eigenvalue weighted by Crippen LogP contribution is 2.28. The van der Waals surface area contributed by atoms with Crippen molar-refractivity contribution in [3.63, 3.8) is 0 Å². The van der Waals surface area contributed by atoms with Crippen LogP contribution >= 0.6 is 12.6 Å². The first kappa shape index (κ1) is 15.4. The molecule has 6 heteroatoms. The van der Waals surface area contributed by atoms with E-state index < -0.39 is 11.2 Å². The number of amides is 1. The topological polar surface area (TPSA) is 69.6 Å². The van der Waals surface area contributed by atoms with E-state index in [0.29, 0.717) is 29.4 Å². The van der Waals surface area contributed by atoms with E-state index in [4.69, 9.17) is 10.5 Å². The van der Waals surface area contributed by atoms with Gasteiger partial charge in [0.05, 0.1) is 11.4 Å². The van der Waals surface area contributed by atoms with Crippen LogP contribution in [0.4, 0.5) is 0 Å². The standard InChI is InChI=1S/C17H17N3O2S/c1-11-14(15(23)16(18)21)20-9-5-8-13(17(20)19-11)22-10-12-6-3-2-4-7-12/h2-9,15,23H,10H2,1H3,(H2,18,21). The fourth-order valence-corrected chi connectivity index (χ4v) is 2.80. The van der Waals surface area contributed by atoms with Crippen molar-refractivity contribution in [1.82, 2.24) is 9.38 Å². The minimum Gasteiger partial charge on any atom is -0.485 e. The molecule has 2 N–H and O–H groups in total. The Morgan fingerprint density at radius 3 is 2.74 bits per heavy atom. The van der Waals surface area contributed by atoms with Crippen LogP contribution in [0.15, 0.2) is 48.7 Å². The van der Waals surface area contributed by atoms with Gasteiger partial charge in [0.2, 0.25) is 5.91 Å². The predicted molar refractivity (Wildman–Crippen MR) is 91.6 cm³/mol. The molecule has 1 aromatic carbocycles. The third-order valence-corrected chi connectivity index (χ3v) is 4.10. The second-order valence-corrected chi connectivity index (χ2v) is 5.74. The summed E-state index contributed by atoms with van der Waals surface area (Å²) in [6.45, 7) is 2.28. The molecule has 0 aliphatic carbocycles. The van der Waals surface area contributed by atoms with E-state index in [9.17, 15) is 4.79 Å². The van der Waals surface area contributed by atoms with E-state index in [0.717, 1.165) is 5.56 Å².